The summed E-state index contributed by atoms with van der Waals surface area (Å²) < 4.78 is 16.4. The minimum absolute atomic E-state index is 0.0420. The first-order valence-corrected chi connectivity index (χ1v) is 8.95. The molecule has 0 spiro atoms. The molecule has 0 aromatic rings. The van der Waals surface area contributed by atoms with Gasteiger partial charge in [-0.25, -0.2) is 0 Å². The van der Waals surface area contributed by atoms with Crippen LogP contribution in [0.2, 0.25) is 0 Å². The Morgan fingerprint density at radius 1 is 0.958 bits per heavy atom. The number of rotatable bonds is 12. The number of carbonyl (C=O) groups excluding carboxylic acids is 1. The van der Waals surface area contributed by atoms with E-state index in [1.807, 2.05) is 20.8 Å². The number of nitrogens with one attached hydrogen (secondary N) is 2. The molecule has 0 unspecified atom stereocenters. The number of ether oxygens (including phenoxy) is 3. The lowest BCUT2D eigenvalue weighted by molar-refractivity contribution is -0.128. The largest absolute Gasteiger partial charge is 0.378 e. The van der Waals surface area contributed by atoms with Crippen LogP contribution in [-0.2, 0) is 19.0 Å². The molecule has 1 saturated heterocycles. The lowest BCUT2D eigenvalue weighted by Crippen LogP contribution is -2.44. The van der Waals surface area contributed by atoms with Gasteiger partial charge in [0.15, 0.2) is 0 Å². The van der Waals surface area contributed by atoms with Crippen molar-refractivity contribution in [1.82, 2.24) is 15.5 Å². The Morgan fingerprint density at radius 2 is 1.50 bits per heavy atom. The third-order valence-corrected chi connectivity index (χ3v) is 3.72. The van der Waals surface area contributed by atoms with Crippen molar-refractivity contribution in [2.24, 2.45) is 5.41 Å². The van der Waals surface area contributed by atoms with Crippen molar-refractivity contribution >= 4 is 5.91 Å². The smallest absolute Gasteiger partial charge is 0.225 e. The van der Waals surface area contributed by atoms with Gasteiger partial charge < -0.3 is 24.8 Å². The van der Waals surface area contributed by atoms with Crippen LogP contribution in [0.15, 0.2) is 0 Å². The van der Waals surface area contributed by atoms with E-state index < -0.39 is 0 Å². The first-order valence-electron chi connectivity index (χ1n) is 8.95. The minimum atomic E-state index is -0.353. The van der Waals surface area contributed by atoms with E-state index in [-0.39, 0.29) is 11.3 Å². The Kier molecular flexibility index (Phi) is 11.2. The number of piperazine rings is 1. The molecule has 1 heterocycles. The molecule has 0 aromatic carbocycles. The molecule has 0 radical (unpaired) electrons. The highest BCUT2D eigenvalue weighted by Crippen LogP contribution is 2.11. The molecule has 0 aliphatic carbocycles. The maximum Gasteiger partial charge on any atom is 0.225 e. The van der Waals surface area contributed by atoms with E-state index in [1.54, 1.807) is 0 Å². The average Bonchev–Trinajstić information content (AvgIpc) is 2.55. The molecule has 1 fully saturated rings. The highest BCUT2D eigenvalue weighted by molar-refractivity contribution is 5.81. The SMILES string of the molecule is CC(C)(C)C(=O)NCCOCCOCCOCCN1CCNCC1. The second kappa shape index (κ2) is 12.6. The highest BCUT2D eigenvalue weighted by atomic mass is 16.5. The van der Waals surface area contributed by atoms with Gasteiger partial charge in [-0.2, -0.15) is 0 Å². The molecule has 2 N–H and O–H groups in total. The van der Waals surface area contributed by atoms with Gasteiger partial charge >= 0.3 is 0 Å². The summed E-state index contributed by atoms with van der Waals surface area (Å²) >= 11 is 0. The zero-order chi connectivity index (χ0) is 17.7. The molecule has 24 heavy (non-hydrogen) atoms. The lowest BCUT2D eigenvalue weighted by atomic mass is 9.96. The molecule has 142 valence electrons. The topological polar surface area (TPSA) is 72.1 Å². The van der Waals surface area contributed by atoms with E-state index in [0.29, 0.717) is 39.6 Å². The molecule has 1 aliphatic heterocycles. The Morgan fingerprint density at radius 3 is 2.08 bits per heavy atom. The molecule has 0 saturated carbocycles. The molecule has 1 rings (SSSR count). The number of amides is 1. The van der Waals surface area contributed by atoms with Gasteiger partial charge in [0, 0.05) is 44.7 Å². The van der Waals surface area contributed by atoms with E-state index in [2.05, 4.69) is 15.5 Å². The first-order chi connectivity index (χ1) is 11.5. The third kappa shape index (κ3) is 10.9. The summed E-state index contributed by atoms with van der Waals surface area (Å²) in [5.41, 5.74) is -0.353. The van der Waals surface area contributed by atoms with Gasteiger partial charge in [0.25, 0.3) is 0 Å². The van der Waals surface area contributed by atoms with E-state index in [1.165, 1.54) is 0 Å². The minimum Gasteiger partial charge on any atom is -0.378 e. The van der Waals surface area contributed by atoms with Crippen LogP contribution in [0.3, 0.4) is 0 Å². The molecule has 0 atom stereocenters. The van der Waals surface area contributed by atoms with Crippen LogP contribution in [0.25, 0.3) is 0 Å². The second-order valence-corrected chi connectivity index (χ2v) is 6.93. The molecular weight excluding hydrogens is 310 g/mol. The number of nitrogens with zero attached hydrogens (tertiary/aromatic N) is 1. The molecular formula is C17H35N3O4. The molecule has 0 aromatic heterocycles. The predicted octanol–water partition coefficient (Wildman–Crippen LogP) is 0.104. The van der Waals surface area contributed by atoms with Crippen molar-refractivity contribution in [3.05, 3.63) is 0 Å². The van der Waals surface area contributed by atoms with Gasteiger partial charge in [-0.3, -0.25) is 9.69 Å². The van der Waals surface area contributed by atoms with Gasteiger partial charge in [0.05, 0.1) is 39.6 Å². The average molecular weight is 345 g/mol. The van der Waals surface area contributed by atoms with E-state index in [4.69, 9.17) is 14.2 Å². The highest BCUT2D eigenvalue weighted by Gasteiger charge is 2.20. The Labute approximate surface area is 146 Å². The lowest BCUT2D eigenvalue weighted by Gasteiger charge is -2.26. The fraction of sp³-hybridized carbons (Fsp3) is 0.941. The summed E-state index contributed by atoms with van der Waals surface area (Å²) in [5, 5.41) is 6.18. The monoisotopic (exact) mass is 345 g/mol. The van der Waals surface area contributed by atoms with E-state index >= 15 is 0 Å². The number of hydrogen-bond acceptors (Lipinski definition) is 6. The Hall–Kier alpha value is -0.730. The van der Waals surface area contributed by atoms with Crippen molar-refractivity contribution in [3.8, 4) is 0 Å². The summed E-state index contributed by atoms with van der Waals surface area (Å²) in [4.78, 5) is 14.0. The van der Waals surface area contributed by atoms with Crippen molar-refractivity contribution in [3.63, 3.8) is 0 Å². The van der Waals surface area contributed by atoms with Gasteiger partial charge in [0.1, 0.15) is 0 Å². The molecule has 1 aliphatic rings. The van der Waals surface area contributed by atoms with Crippen LogP contribution in [0, 0.1) is 5.41 Å². The van der Waals surface area contributed by atoms with Crippen molar-refractivity contribution < 1.29 is 19.0 Å². The maximum absolute atomic E-state index is 11.6. The van der Waals surface area contributed by atoms with Crippen LogP contribution in [0.5, 0.6) is 0 Å². The quantitative estimate of drug-likeness (QED) is 0.489. The Balaban J connectivity index is 1.77. The summed E-state index contributed by atoms with van der Waals surface area (Å²) in [6.07, 6.45) is 0. The zero-order valence-corrected chi connectivity index (χ0v) is 15.6. The summed E-state index contributed by atoms with van der Waals surface area (Å²) in [6, 6.07) is 0. The van der Waals surface area contributed by atoms with Crippen LogP contribution in [-0.4, -0.2) is 89.7 Å². The van der Waals surface area contributed by atoms with E-state index in [0.717, 1.165) is 39.3 Å². The summed E-state index contributed by atoms with van der Waals surface area (Å²) in [5.74, 6) is 0.0420. The van der Waals surface area contributed by atoms with Crippen LogP contribution < -0.4 is 10.6 Å². The normalized spacial score (nSPS) is 16.3. The van der Waals surface area contributed by atoms with Crippen LogP contribution >= 0.6 is 0 Å². The van der Waals surface area contributed by atoms with Gasteiger partial charge in [-0.05, 0) is 0 Å². The zero-order valence-electron chi connectivity index (χ0n) is 15.6. The molecule has 1 amide bonds. The molecule has 7 heteroatoms. The second-order valence-electron chi connectivity index (χ2n) is 6.93. The van der Waals surface area contributed by atoms with Gasteiger partial charge in [-0.1, -0.05) is 20.8 Å². The molecule has 0 bridgehead atoms. The first kappa shape index (κ1) is 21.3. The van der Waals surface area contributed by atoms with Crippen molar-refractivity contribution in [2.45, 2.75) is 20.8 Å². The maximum atomic E-state index is 11.6. The standard InChI is InChI=1S/C17H35N3O4/c1-17(2,3)16(21)19-6-10-22-12-14-24-15-13-23-11-9-20-7-4-18-5-8-20/h18H,4-15H2,1-3H3,(H,19,21). The van der Waals surface area contributed by atoms with E-state index in [9.17, 15) is 4.79 Å². The summed E-state index contributed by atoms with van der Waals surface area (Å²) in [7, 11) is 0. The predicted molar refractivity (Wildman–Crippen MR) is 94.2 cm³/mol. The third-order valence-electron chi connectivity index (χ3n) is 3.72. The van der Waals surface area contributed by atoms with Gasteiger partial charge in [0.2, 0.25) is 5.91 Å². The fourth-order valence-electron chi connectivity index (χ4n) is 2.17. The van der Waals surface area contributed by atoms with Crippen molar-refractivity contribution in [2.75, 3.05) is 78.9 Å². The fourth-order valence-corrected chi connectivity index (χ4v) is 2.17. The summed E-state index contributed by atoms with van der Waals surface area (Å²) in [6.45, 7) is 15.1. The van der Waals surface area contributed by atoms with Gasteiger partial charge in [-0.15, -0.1) is 0 Å². The van der Waals surface area contributed by atoms with Crippen LogP contribution in [0.4, 0.5) is 0 Å². The van der Waals surface area contributed by atoms with Crippen molar-refractivity contribution in [1.29, 1.82) is 0 Å². The molecule has 7 nitrogen and oxygen atoms in total. The number of carbonyl (C=O) groups is 1. The number of hydrogen-bond donors (Lipinski definition) is 2. The Bertz CT molecular complexity index is 328. The van der Waals surface area contributed by atoms with Crippen LogP contribution in [0.1, 0.15) is 20.8 Å².